The predicted molar refractivity (Wildman–Crippen MR) is 76.8 cm³/mol. The zero-order valence-electron chi connectivity index (χ0n) is 11.6. The van der Waals surface area contributed by atoms with E-state index in [9.17, 15) is 0 Å². The van der Waals surface area contributed by atoms with E-state index in [1.165, 1.54) is 30.8 Å². The normalized spacial score (nSPS) is 25.5. The Morgan fingerprint density at radius 1 is 1.18 bits per heavy atom. The molecule has 1 saturated carbocycles. The fourth-order valence-corrected chi connectivity index (χ4v) is 4.26. The Bertz CT molecular complexity index is 283. The van der Waals surface area contributed by atoms with Crippen LogP contribution in [-0.2, 0) is 0 Å². The topological polar surface area (TPSA) is 18.8 Å². The van der Waals surface area contributed by atoms with Gasteiger partial charge in [0.15, 0.2) is 5.96 Å². The lowest BCUT2D eigenvalue weighted by Gasteiger charge is -2.24. The monoisotopic (exact) mass is 255 g/mol. The van der Waals surface area contributed by atoms with Gasteiger partial charge in [0, 0.05) is 34.7 Å². The fraction of sp³-hybridized carbons (Fsp3) is 0.923. The third kappa shape index (κ3) is 2.90. The van der Waals surface area contributed by atoms with Crippen LogP contribution in [0.2, 0.25) is 0 Å². The van der Waals surface area contributed by atoms with Crippen molar-refractivity contribution in [3.8, 4) is 0 Å². The Morgan fingerprint density at radius 3 is 2.29 bits per heavy atom. The Morgan fingerprint density at radius 2 is 1.76 bits per heavy atom. The number of hydrogen-bond acceptors (Lipinski definition) is 2. The molecule has 98 valence electrons. The number of rotatable bonds is 2. The van der Waals surface area contributed by atoms with Crippen LogP contribution in [0.25, 0.3) is 0 Å². The summed E-state index contributed by atoms with van der Waals surface area (Å²) in [5.74, 6) is 4.69. The molecule has 2 rings (SSSR count). The molecular weight excluding hydrogens is 230 g/mol. The van der Waals surface area contributed by atoms with Crippen LogP contribution in [0.3, 0.4) is 0 Å². The van der Waals surface area contributed by atoms with Crippen LogP contribution >= 0.6 is 11.8 Å². The van der Waals surface area contributed by atoms with Crippen molar-refractivity contribution < 1.29 is 0 Å². The predicted octanol–water partition coefficient (Wildman–Crippen LogP) is 2.00. The second-order valence-electron chi connectivity index (χ2n) is 5.81. The maximum atomic E-state index is 4.80. The molecule has 0 amide bonds. The first-order chi connectivity index (χ1) is 8.05. The number of hydrogen-bond donors (Lipinski definition) is 0. The summed E-state index contributed by atoms with van der Waals surface area (Å²) >= 11 is 2.12. The second kappa shape index (κ2) is 5.09. The Kier molecular flexibility index (Phi) is 3.91. The van der Waals surface area contributed by atoms with E-state index in [2.05, 4.69) is 49.8 Å². The highest BCUT2D eigenvalue weighted by Crippen LogP contribution is 2.60. The minimum atomic E-state index is 0.693. The molecule has 0 aromatic rings. The Balaban J connectivity index is 1.88. The lowest BCUT2D eigenvalue weighted by Crippen LogP contribution is -2.35. The summed E-state index contributed by atoms with van der Waals surface area (Å²) in [6, 6.07) is 0. The molecule has 2 aliphatic rings. The largest absolute Gasteiger partial charge is 0.349 e. The van der Waals surface area contributed by atoms with Gasteiger partial charge in [-0.15, -0.1) is 0 Å². The van der Waals surface area contributed by atoms with E-state index in [0.717, 1.165) is 18.4 Å². The summed E-state index contributed by atoms with van der Waals surface area (Å²) < 4.78 is 0. The van der Waals surface area contributed by atoms with Crippen molar-refractivity contribution >= 4 is 17.7 Å². The minimum Gasteiger partial charge on any atom is -0.349 e. The summed E-state index contributed by atoms with van der Waals surface area (Å²) in [6.45, 7) is 1.02. The van der Waals surface area contributed by atoms with Crippen LogP contribution in [0.15, 0.2) is 4.99 Å². The van der Waals surface area contributed by atoms with Crippen molar-refractivity contribution in [2.24, 2.45) is 16.3 Å². The summed E-state index contributed by atoms with van der Waals surface area (Å²) in [4.78, 5) is 9.00. The van der Waals surface area contributed by atoms with Gasteiger partial charge in [0.05, 0.1) is 0 Å². The van der Waals surface area contributed by atoms with Gasteiger partial charge in [-0.3, -0.25) is 4.99 Å². The molecule has 1 unspecified atom stereocenters. The molecule has 1 atom stereocenters. The fourth-order valence-electron chi connectivity index (χ4n) is 2.95. The summed E-state index contributed by atoms with van der Waals surface area (Å²) in [5.41, 5.74) is 0.693. The van der Waals surface area contributed by atoms with E-state index < -0.39 is 0 Å². The Labute approximate surface area is 110 Å². The molecule has 4 heteroatoms. The third-order valence-corrected chi connectivity index (χ3v) is 5.09. The summed E-state index contributed by atoms with van der Waals surface area (Å²) in [6.07, 6.45) is 4.28. The molecule has 0 N–H and O–H groups in total. The maximum Gasteiger partial charge on any atom is 0.195 e. The number of aliphatic imine (C=N–C) groups is 1. The van der Waals surface area contributed by atoms with E-state index in [4.69, 9.17) is 4.99 Å². The Hall–Kier alpha value is -0.380. The van der Waals surface area contributed by atoms with E-state index in [1.807, 2.05) is 0 Å². The van der Waals surface area contributed by atoms with Gasteiger partial charge in [-0.2, -0.15) is 11.8 Å². The SMILES string of the molecule is CN(C)C(=NCC1CC12CCSCC2)N(C)C. The van der Waals surface area contributed by atoms with Crippen LogP contribution in [-0.4, -0.2) is 62.0 Å². The molecule has 1 aliphatic heterocycles. The van der Waals surface area contributed by atoms with Crippen molar-refractivity contribution in [2.45, 2.75) is 19.3 Å². The number of nitrogens with zero attached hydrogens (tertiary/aromatic N) is 3. The number of guanidine groups is 1. The molecule has 1 aliphatic carbocycles. The van der Waals surface area contributed by atoms with Gasteiger partial charge in [0.2, 0.25) is 0 Å². The minimum absolute atomic E-state index is 0.693. The molecule has 1 saturated heterocycles. The molecule has 17 heavy (non-hydrogen) atoms. The van der Waals surface area contributed by atoms with E-state index in [1.54, 1.807) is 0 Å². The van der Waals surface area contributed by atoms with Gasteiger partial charge in [-0.25, -0.2) is 0 Å². The lowest BCUT2D eigenvalue weighted by atomic mass is 9.96. The van der Waals surface area contributed by atoms with E-state index in [0.29, 0.717) is 5.41 Å². The highest BCUT2D eigenvalue weighted by molar-refractivity contribution is 7.99. The van der Waals surface area contributed by atoms with E-state index >= 15 is 0 Å². The van der Waals surface area contributed by atoms with Gasteiger partial charge < -0.3 is 9.80 Å². The molecule has 3 nitrogen and oxygen atoms in total. The molecule has 0 aromatic carbocycles. The zero-order valence-corrected chi connectivity index (χ0v) is 12.4. The van der Waals surface area contributed by atoms with Crippen molar-refractivity contribution in [3.63, 3.8) is 0 Å². The smallest absolute Gasteiger partial charge is 0.195 e. The quantitative estimate of drug-likeness (QED) is 0.555. The van der Waals surface area contributed by atoms with Crippen LogP contribution in [0.4, 0.5) is 0 Å². The lowest BCUT2D eigenvalue weighted by molar-refractivity contribution is 0.418. The number of thioether (sulfide) groups is 1. The molecular formula is C13H25N3S. The highest BCUT2D eigenvalue weighted by atomic mass is 32.2. The van der Waals surface area contributed by atoms with Crippen LogP contribution in [0.1, 0.15) is 19.3 Å². The summed E-state index contributed by atoms with van der Waals surface area (Å²) in [5, 5.41) is 0. The maximum absolute atomic E-state index is 4.80. The molecule has 0 aromatic heterocycles. The van der Waals surface area contributed by atoms with Crippen LogP contribution in [0, 0.1) is 11.3 Å². The first kappa shape index (κ1) is 13.1. The van der Waals surface area contributed by atoms with E-state index in [-0.39, 0.29) is 0 Å². The van der Waals surface area contributed by atoms with Crippen molar-refractivity contribution in [1.29, 1.82) is 0 Å². The van der Waals surface area contributed by atoms with Gasteiger partial charge in [-0.05, 0) is 42.1 Å². The zero-order chi connectivity index (χ0) is 12.5. The van der Waals surface area contributed by atoms with Crippen molar-refractivity contribution in [3.05, 3.63) is 0 Å². The van der Waals surface area contributed by atoms with Crippen LogP contribution < -0.4 is 0 Å². The van der Waals surface area contributed by atoms with Gasteiger partial charge >= 0.3 is 0 Å². The van der Waals surface area contributed by atoms with Crippen LogP contribution in [0.5, 0.6) is 0 Å². The van der Waals surface area contributed by atoms with Gasteiger partial charge in [0.1, 0.15) is 0 Å². The first-order valence-electron chi connectivity index (χ1n) is 6.52. The molecule has 0 bridgehead atoms. The average molecular weight is 255 g/mol. The molecule has 1 spiro atoms. The first-order valence-corrected chi connectivity index (χ1v) is 7.67. The molecule has 2 fully saturated rings. The highest BCUT2D eigenvalue weighted by Gasteiger charge is 2.53. The summed E-state index contributed by atoms with van der Waals surface area (Å²) in [7, 11) is 8.27. The standard InChI is InChI=1S/C13H25N3S/c1-15(2)12(16(3)4)14-10-11-9-13(11)5-7-17-8-6-13/h11H,5-10H2,1-4H3. The van der Waals surface area contributed by atoms with Crippen molar-refractivity contribution in [2.75, 3.05) is 46.2 Å². The third-order valence-electron chi connectivity index (χ3n) is 4.10. The van der Waals surface area contributed by atoms with Crippen molar-refractivity contribution in [1.82, 2.24) is 9.80 Å². The van der Waals surface area contributed by atoms with Gasteiger partial charge in [0.25, 0.3) is 0 Å². The average Bonchev–Trinajstić information content (AvgIpc) is 2.91. The second-order valence-corrected chi connectivity index (χ2v) is 7.03. The molecule has 1 heterocycles. The molecule has 0 radical (unpaired) electrons. The van der Waals surface area contributed by atoms with Gasteiger partial charge in [-0.1, -0.05) is 0 Å².